The molecule has 1 aromatic rings. The number of likely N-dealkylation sites (tertiary alicyclic amines) is 1. The maximum atomic E-state index is 12.8. The Labute approximate surface area is 131 Å². The maximum absolute atomic E-state index is 12.8. The Morgan fingerprint density at radius 3 is 2.73 bits per heavy atom. The largest absolute Gasteiger partial charge is 0.481 e. The molecule has 4 nitrogen and oxygen atoms in total. The Balaban J connectivity index is 2.08. The zero-order valence-corrected chi connectivity index (χ0v) is 13.6. The summed E-state index contributed by atoms with van der Waals surface area (Å²) in [5.74, 6) is -1.08. The number of alkyl halides is 1. The van der Waals surface area contributed by atoms with E-state index in [4.69, 9.17) is 0 Å². The van der Waals surface area contributed by atoms with Crippen molar-refractivity contribution in [3.63, 3.8) is 0 Å². The highest BCUT2D eigenvalue weighted by Gasteiger charge is 2.26. The van der Waals surface area contributed by atoms with Gasteiger partial charge >= 0.3 is 5.97 Å². The van der Waals surface area contributed by atoms with Crippen molar-refractivity contribution in [3.05, 3.63) is 29.1 Å². The van der Waals surface area contributed by atoms with E-state index in [1.807, 2.05) is 26.8 Å². The van der Waals surface area contributed by atoms with Crippen molar-refractivity contribution >= 4 is 5.97 Å². The SMILES string of the molecule is Cc1cnc(C(CC(C)C)C(=O)O)cc1CCN1CC(F)C1. The average Bonchev–Trinajstić information content (AvgIpc) is 2.41. The fourth-order valence-corrected chi connectivity index (χ4v) is 2.83. The van der Waals surface area contributed by atoms with Crippen molar-refractivity contribution in [1.29, 1.82) is 0 Å². The number of aliphatic carboxylic acids is 1. The number of pyridine rings is 1. The van der Waals surface area contributed by atoms with Gasteiger partial charge in [-0.05, 0) is 42.9 Å². The summed E-state index contributed by atoms with van der Waals surface area (Å²) in [6, 6.07) is 1.92. The fraction of sp³-hybridized carbons (Fsp3) is 0.647. The van der Waals surface area contributed by atoms with Crippen LogP contribution in [0.3, 0.4) is 0 Å². The van der Waals surface area contributed by atoms with Crippen LogP contribution in [0.5, 0.6) is 0 Å². The average molecular weight is 308 g/mol. The highest BCUT2D eigenvalue weighted by atomic mass is 19.1. The number of hydrogen-bond acceptors (Lipinski definition) is 3. The molecule has 1 N–H and O–H groups in total. The third-order valence-electron chi connectivity index (χ3n) is 4.21. The number of halogens is 1. The Hall–Kier alpha value is -1.49. The van der Waals surface area contributed by atoms with Crippen LogP contribution in [0.4, 0.5) is 4.39 Å². The third-order valence-corrected chi connectivity index (χ3v) is 4.21. The Morgan fingerprint density at radius 1 is 1.50 bits per heavy atom. The Morgan fingerprint density at radius 2 is 2.18 bits per heavy atom. The van der Waals surface area contributed by atoms with Gasteiger partial charge in [0.25, 0.3) is 0 Å². The van der Waals surface area contributed by atoms with Crippen molar-refractivity contribution in [2.45, 2.75) is 45.7 Å². The summed E-state index contributed by atoms with van der Waals surface area (Å²) in [6.45, 7) is 7.86. The summed E-state index contributed by atoms with van der Waals surface area (Å²) < 4.78 is 12.8. The van der Waals surface area contributed by atoms with E-state index in [0.29, 0.717) is 31.1 Å². The summed E-state index contributed by atoms with van der Waals surface area (Å²) >= 11 is 0. The lowest BCUT2D eigenvalue weighted by Gasteiger charge is -2.34. The molecule has 0 aromatic carbocycles. The lowest BCUT2D eigenvalue weighted by atomic mass is 9.92. The Bertz CT molecular complexity index is 527. The first-order chi connectivity index (χ1) is 10.4. The van der Waals surface area contributed by atoms with Gasteiger partial charge in [-0.1, -0.05) is 13.8 Å². The molecule has 0 amide bonds. The molecule has 1 atom stereocenters. The van der Waals surface area contributed by atoms with Crippen LogP contribution in [0.2, 0.25) is 0 Å². The van der Waals surface area contributed by atoms with Gasteiger partial charge in [0.2, 0.25) is 0 Å². The minimum atomic E-state index is -0.820. The fourth-order valence-electron chi connectivity index (χ4n) is 2.83. The van der Waals surface area contributed by atoms with Crippen molar-refractivity contribution < 1.29 is 14.3 Å². The zero-order chi connectivity index (χ0) is 16.3. The second-order valence-corrected chi connectivity index (χ2v) is 6.66. The number of nitrogens with zero attached hydrogens (tertiary/aromatic N) is 2. The maximum Gasteiger partial charge on any atom is 0.312 e. The highest BCUT2D eigenvalue weighted by Crippen LogP contribution is 2.25. The van der Waals surface area contributed by atoms with Crippen LogP contribution in [0.1, 0.15) is 43.0 Å². The number of carbonyl (C=O) groups is 1. The number of rotatable bonds is 7. The first-order valence-corrected chi connectivity index (χ1v) is 7.91. The molecule has 122 valence electrons. The Kier molecular flexibility index (Phi) is 5.51. The van der Waals surface area contributed by atoms with Crippen LogP contribution < -0.4 is 0 Å². The number of aryl methyl sites for hydroxylation is 1. The van der Waals surface area contributed by atoms with Crippen molar-refractivity contribution in [2.24, 2.45) is 5.92 Å². The molecule has 0 spiro atoms. The monoisotopic (exact) mass is 308 g/mol. The number of hydrogen-bond donors (Lipinski definition) is 1. The summed E-state index contributed by atoms with van der Waals surface area (Å²) in [7, 11) is 0. The molecule has 2 rings (SSSR count). The number of aromatic nitrogens is 1. The molecule has 5 heteroatoms. The molecular weight excluding hydrogens is 283 g/mol. The quantitative estimate of drug-likeness (QED) is 0.841. The van der Waals surface area contributed by atoms with Crippen molar-refractivity contribution in [1.82, 2.24) is 9.88 Å². The molecule has 1 saturated heterocycles. The molecule has 0 saturated carbocycles. The first-order valence-electron chi connectivity index (χ1n) is 7.91. The molecule has 1 aliphatic heterocycles. The standard InChI is InChI=1S/C17H25FN2O2/c1-11(2)6-15(17(21)22)16-7-13(12(3)8-19-16)4-5-20-9-14(18)10-20/h7-8,11,14-15H,4-6,9-10H2,1-3H3,(H,21,22). The van der Waals surface area contributed by atoms with Gasteiger partial charge in [0, 0.05) is 25.8 Å². The second kappa shape index (κ2) is 7.18. The van der Waals surface area contributed by atoms with E-state index in [9.17, 15) is 14.3 Å². The lowest BCUT2D eigenvalue weighted by Crippen LogP contribution is -2.48. The summed E-state index contributed by atoms with van der Waals surface area (Å²) in [6.07, 6.45) is 2.47. The van der Waals surface area contributed by atoms with Gasteiger partial charge < -0.3 is 5.11 Å². The molecule has 1 aromatic heterocycles. The summed E-state index contributed by atoms with van der Waals surface area (Å²) in [5.41, 5.74) is 2.81. The molecule has 2 heterocycles. The van der Waals surface area contributed by atoms with Gasteiger partial charge in [0.15, 0.2) is 0 Å². The van der Waals surface area contributed by atoms with E-state index in [1.165, 1.54) is 0 Å². The van der Waals surface area contributed by atoms with E-state index in [1.54, 1.807) is 6.20 Å². The number of carboxylic acids is 1. The minimum Gasteiger partial charge on any atom is -0.481 e. The second-order valence-electron chi connectivity index (χ2n) is 6.66. The van der Waals surface area contributed by atoms with Crippen LogP contribution in [-0.2, 0) is 11.2 Å². The van der Waals surface area contributed by atoms with Crippen molar-refractivity contribution in [3.8, 4) is 0 Å². The molecule has 22 heavy (non-hydrogen) atoms. The normalized spacial score (nSPS) is 17.5. The predicted octanol–water partition coefficient (Wildman–Crippen LogP) is 2.80. The van der Waals surface area contributed by atoms with Crippen LogP contribution in [0.25, 0.3) is 0 Å². The van der Waals surface area contributed by atoms with Crippen LogP contribution in [0.15, 0.2) is 12.3 Å². The molecule has 0 bridgehead atoms. The van der Waals surface area contributed by atoms with E-state index < -0.39 is 18.1 Å². The van der Waals surface area contributed by atoms with Gasteiger partial charge in [-0.3, -0.25) is 14.7 Å². The van der Waals surface area contributed by atoms with E-state index in [2.05, 4.69) is 9.88 Å². The molecule has 1 aliphatic rings. The first kappa shape index (κ1) is 16.9. The van der Waals surface area contributed by atoms with E-state index >= 15 is 0 Å². The zero-order valence-electron chi connectivity index (χ0n) is 13.6. The van der Waals surface area contributed by atoms with E-state index in [-0.39, 0.29) is 0 Å². The topological polar surface area (TPSA) is 53.4 Å². The molecular formula is C17H25FN2O2. The van der Waals surface area contributed by atoms with Gasteiger partial charge in [0.1, 0.15) is 6.17 Å². The van der Waals surface area contributed by atoms with Crippen LogP contribution in [0, 0.1) is 12.8 Å². The van der Waals surface area contributed by atoms with Crippen LogP contribution >= 0.6 is 0 Å². The summed E-state index contributed by atoms with van der Waals surface area (Å²) in [5, 5.41) is 9.44. The molecule has 0 radical (unpaired) electrons. The van der Waals surface area contributed by atoms with Gasteiger partial charge in [0.05, 0.1) is 11.6 Å². The number of carboxylic acid groups (broad SMARTS) is 1. The lowest BCUT2D eigenvalue weighted by molar-refractivity contribution is -0.139. The summed E-state index contributed by atoms with van der Waals surface area (Å²) in [4.78, 5) is 17.9. The molecule has 1 unspecified atom stereocenters. The van der Waals surface area contributed by atoms with E-state index in [0.717, 1.165) is 24.1 Å². The minimum absolute atomic E-state index is 0.301. The third kappa shape index (κ3) is 4.26. The predicted molar refractivity (Wildman–Crippen MR) is 83.8 cm³/mol. The molecule has 1 fully saturated rings. The molecule has 0 aliphatic carbocycles. The highest BCUT2D eigenvalue weighted by molar-refractivity contribution is 5.75. The van der Waals surface area contributed by atoms with Gasteiger partial charge in [-0.2, -0.15) is 0 Å². The van der Waals surface area contributed by atoms with Crippen molar-refractivity contribution in [2.75, 3.05) is 19.6 Å². The van der Waals surface area contributed by atoms with Gasteiger partial charge in [-0.25, -0.2) is 4.39 Å². The van der Waals surface area contributed by atoms with Crippen LogP contribution in [-0.4, -0.2) is 46.8 Å². The van der Waals surface area contributed by atoms with Gasteiger partial charge in [-0.15, -0.1) is 0 Å². The smallest absolute Gasteiger partial charge is 0.312 e.